The molecule has 0 amide bonds. The number of hydrogen-bond acceptors (Lipinski definition) is 4. The lowest BCUT2D eigenvalue weighted by atomic mass is 10.1. The van der Waals surface area contributed by atoms with E-state index in [0.29, 0.717) is 25.6 Å². The summed E-state index contributed by atoms with van der Waals surface area (Å²) in [5, 5.41) is 0. The van der Waals surface area contributed by atoms with Gasteiger partial charge in [-0.15, -0.1) is 0 Å². The van der Waals surface area contributed by atoms with E-state index in [1.807, 2.05) is 44.2 Å². The van der Waals surface area contributed by atoms with Gasteiger partial charge < -0.3 is 14.2 Å². The molecule has 0 unspecified atom stereocenters. The smallest absolute Gasteiger partial charge is 0.377 e. The van der Waals surface area contributed by atoms with Crippen LogP contribution in [0.1, 0.15) is 64.9 Å². The number of rotatable bonds is 13. The average molecular weight is 348 g/mol. The van der Waals surface area contributed by atoms with Gasteiger partial charge in [-0.2, -0.15) is 0 Å². The summed E-state index contributed by atoms with van der Waals surface area (Å²) in [6.45, 7) is 7.17. The Morgan fingerprint density at radius 2 is 1.44 bits per heavy atom. The molecule has 25 heavy (non-hydrogen) atoms. The first-order valence-corrected chi connectivity index (χ1v) is 9.46. The van der Waals surface area contributed by atoms with Crippen molar-refractivity contribution in [3.8, 4) is 0 Å². The summed E-state index contributed by atoms with van der Waals surface area (Å²) in [6, 6.07) is 9.51. The van der Waals surface area contributed by atoms with Gasteiger partial charge in [0.1, 0.15) is 0 Å². The van der Waals surface area contributed by atoms with Crippen molar-refractivity contribution in [2.24, 2.45) is 0 Å². The Morgan fingerprint density at radius 1 is 0.800 bits per heavy atom. The van der Waals surface area contributed by atoms with Crippen LogP contribution in [0.2, 0.25) is 0 Å². The molecule has 4 heteroatoms. The maximum absolute atomic E-state index is 12.5. The molecule has 1 aromatic rings. The second-order valence-corrected chi connectivity index (χ2v) is 5.79. The van der Waals surface area contributed by atoms with Crippen LogP contribution in [0, 0.1) is 0 Å². The van der Waals surface area contributed by atoms with Crippen LogP contribution in [-0.4, -0.2) is 25.8 Å². The van der Waals surface area contributed by atoms with Crippen LogP contribution in [0.5, 0.6) is 0 Å². The molecule has 0 bridgehead atoms. The Hall–Kier alpha value is -1.97. The van der Waals surface area contributed by atoms with E-state index in [9.17, 15) is 4.79 Å². The molecular weight excluding hydrogens is 316 g/mol. The van der Waals surface area contributed by atoms with Gasteiger partial charge in [0.2, 0.25) is 5.76 Å². The van der Waals surface area contributed by atoms with Crippen LogP contribution in [-0.2, 0) is 19.0 Å². The van der Waals surface area contributed by atoms with Crippen LogP contribution in [0.3, 0.4) is 0 Å². The molecule has 1 rings (SSSR count). The summed E-state index contributed by atoms with van der Waals surface area (Å²) in [4.78, 5) is 12.5. The fourth-order valence-electron chi connectivity index (χ4n) is 2.49. The molecule has 0 spiro atoms. The predicted molar refractivity (Wildman–Crippen MR) is 101 cm³/mol. The average Bonchev–Trinajstić information content (AvgIpc) is 2.64. The van der Waals surface area contributed by atoms with Crippen molar-refractivity contribution in [1.29, 1.82) is 0 Å². The lowest BCUT2D eigenvalue weighted by Gasteiger charge is -2.15. The zero-order valence-corrected chi connectivity index (χ0v) is 15.9. The zero-order valence-electron chi connectivity index (χ0n) is 15.9. The molecule has 0 aliphatic heterocycles. The van der Waals surface area contributed by atoms with Gasteiger partial charge in [-0.05, 0) is 20.3 Å². The van der Waals surface area contributed by atoms with Crippen molar-refractivity contribution in [2.45, 2.75) is 59.3 Å². The van der Waals surface area contributed by atoms with Crippen molar-refractivity contribution < 1.29 is 19.0 Å². The number of carbonyl (C=O) groups is 1. The van der Waals surface area contributed by atoms with Gasteiger partial charge >= 0.3 is 5.97 Å². The van der Waals surface area contributed by atoms with E-state index >= 15 is 0 Å². The Labute approximate surface area is 152 Å². The van der Waals surface area contributed by atoms with Gasteiger partial charge in [0.15, 0.2) is 5.76 Å². The number of ether oxygens (including phenoxy) is 3. The molecule has 0 saturated heterocycles. The van der Waals surface area contributed by atoms with Crippen LogP contribution < -0.4 is 0 Å². The second-order valence-electron chi connectivity index (χ2n) is 5.79. The summed E-state index contributed by atoms with van der Waals surface area (Å²) < 4.78 is 16.7. The van der Waals surface area contributed by atoms with Gasteiger partial charge in [-0.3, -0.25) is 0 Å². The molecule has 0 aromatic heterocycles. The van der Waals surface area contributed by atoms with Crippen molar-refractivity contribution >= 4 is 11.7 Å². The third-order valence-corrected chi connectivity index (χ3v) is 3.74. The maximum Gasteiger partial charge on any atom is 0.377 e. The predicted octanol–water partition coefficient (Wildman–Crippen LogP) is 5.33. The molecule has 0 heterocycles. The summed E-state index contributed by atoms with van der Waals surface area (Å²) in [7, 11) is 0. The number of esters is 1. The minimum absolute atomic E-state index is 0.154. The SMILES string of the molecule is CCCCCCCCOC(=O)C(OCC)=C(OCC)c1ccccc1. The molecule has 4 nitrogen and oxygen atoms in total. The summed E-state index contributed by atoms with van der Waals surface area (Å²) in [6.07, 6.45) is 6.90. The lowest BCUT2D eigenvalue weighted by Crippen LogP contribution is -2.15. The van der Waals surface area contributed by atoms with E-state index in [4.69, 9.17) is 14.2 Å². The minimum Gasteiger partial charge on any atom is -0.489 e. The molecule has 0 radical (unpaired) electrons. The number of hydrogen-bond donors (Lipinski definition) is 0. The second kappa shape index (κ2) is 13.3. The highest BCUT2D eigenvalue weighted by Gasteiger charge is 2.21. The summed E-state index contributed by atoms with van der Waals surface area (Å²) in [5.41, 5.74) is 0.810. The number of unbranched alkanes of at least 4 members (excludes halogenated alkanes) is 5. The van der Waals surface area contributed by atoms with Crippen LogP contribution in [0.15, 0.2) is 36.1 Å². The molecule has 0 aliphatic rings. The van der Waals surface area contributed by atoms with Crippen molar-refractivity contribution in [1.82, 2.24) is 0 Å². The van der Waals surface area contributed by atoms with Crippen LogP contribution in [0.4, 0.5) is 0 Å². The molecule has 0 N–H and O–H groups in total. The Balaban J connectivity index is 2.69. The van der Waals surface area contributed by atoms with Gasteiger partial charge in [0, 0.05) is 5.56 Å². The van der Waals surface area contributed by atoms with Gasteiger partial charge in [0.05, 0.1) is 19.8 Å². The molecular formula is C21H32O4. The Kier molecular flexibility index (Phi) is 11.2. The third-order valence-electron chi connectivity index (χ3n) is 3.74. The van der Waals surface area contributed by atoms with Gasteiger partial charge in [0.25, 0.3) is 0 Å². The normalized spacial score (nSPS) is 11.6. The quantitative estimate of drug-likeness (QED) is 0.209. The van der Waals surface area contributed by atoms with Gasteiger partial charge in [-0.1, -0.05) is 69.4 Å². The molecule has 140 valence electrons. The first-order chi connectivity index (χ1) is 12.2. The fraction of sp³-hybridized carbons (Fsp3) is 0.571. The van der Waals surface area contributed by atoms with Crippen molar-refractivity contribution in [3.63, 3.8) is 0 Å². The van der Waals surface area contributed by atoms with Gasteiger partial charge in [-0.25, -0.2) is 4.79 Å². The molecule has 1 aromatic carbocycles. The van der Waals surface area contributed by atoms with E-state index < -0.39 is 5.97 Å². The minimum atomic E-state index is -0.456. The van der Waals surface area contributed by atoms with Crippen molar-refractivity contribution in [3.05, 3.63) is 41.7 Å². The Bertz CT molecular complexity index is 508. The maximum atomic E-state index is 12.5. The number of carbonyl (C=O) groups excluding carboxylic acids is 1. The Morgan fingerprint density at radius 3 is 2.08 bits per heavy atom. The summed E-state index contributed by atoms with van der Waals surface area (Å²) in [5.74, 6) is 0.141. The monoisotopic (exact) mass is 348 g/mol. The van der Waals surface area contributed by atoms with E-state index in [-0.39, 0.29) is 5.76 Å². The van der Waals surface area contributed by atoms with E-state index in [1.54, 1.807) is 0 Å². The standard InChI is InChI=1S/C21H32O4/c1-4-7-8-9-10-14-17-25-21(22)20(24-6-3)19(23-5-2)18-15-12-11-13-16-18/h11-13,15-16H,4-10,14,17H2,1-3H3. The molecule has 0 atom stereocenters. The highest BCUT2D eigenvalue weighted by atomic mass is 16.6. The molecule has 0 saturated carbocycles. The molecule has 0 fully saturated rings. The first kappa shape index (κ1) is 21.1. The third kappa shape index (κ3) is 8.10. The topological polar surface area (TPSA) is 44.8 Å². The zero-order chi connectivity index (χ0) is 18.3. The molecule has 0 aliphatic carbocycles. The van der Waals surface area contributed by atoms with Crippen LogP contribution >= 0.6 is 0 Å². The highest BCUT2D eigenvalue weighted by molar-refractivity contribution is 5.94. The highest BCUT2D eigenvalue weighted by Crippen LogP contribution is 2.22. The van der Waals surface area contributed by atoms with E-state index in [2.05, 4.69) is 6.92 Å². The number of benzene rings is 1. The lowest BCUT2D eigenvalue weighted by molar-refractivity contribution is -0.143. The summed E-state index contributed by atoms with van der Waals surface area (Å²) >= 11 is 0. The van der Waals surface area contributed by atoms with Crippen molar-refractivity contribution in [2.75, 3.05) is 19.8 Å². The first-order valence-electron chi connectivity index (χ1n) is 9.46. The fourth-order valence-corrected chi connectivity index (χ4v) is 2.49. The van der Waals surface area contributed by atoms with E-state index in [1.165, 1.54) is 25.7 Å². The largest absolute Gasteiger partial charge is 0.489 e. The van der Waals surface area contributed by atoms with Crippen LogP contribution in [0.25, 0.3) is 5.76 Å². The van der Waals surface area contributed by atoms with E-state index in [0.717, 1.165) is 18.4 Å².